The largest absolute Gasteiger partial charge is 0.416 e. The van der Waals surface area contributed by atoms with Crippen LogP contribution in [0.5, 0.6) is 0 Å². The first-order chi connectivity index (χ1) is 8.95. The Hall–Kier alpha value is -2.51. The minimum Gasteiger partial charge on any atom is -0.338 e. The van der Waals surface area contributed by atoms with E-state index >= 15 is 0 Å². The molecule has 2 N–H and O–H groups in total. The van der Waals surface area contributed by atoms with E-state index in [4.69, 9.17) is 0 Å². The first kappa shape index (κ1) is 12.9. The van der Waals surface area contributed by atoms with Gasteiger partial charge in [0.15, 0.2) is 0 Å². The van der Waals surface area contributed by atoms with Crippen LogP contribution in [-0.4, -0.2) is 11.2 Å². The van der Waals surface area contributed by atoms with E-state index in [9.17, 15) is 18.0 Å². The van der Waals surface area contributed by atoms with E-state index in [-0.39, 0.29) is 11.6 Å². The number of carbonyl (C=O) groups excluding carboxylic acids is 1. The third-order valence-corrected chi connectivity index (χ3v) is 2.14. The highest BCUT2D eigenvalue weighted by molar-refractivity contribution is 5.98. The van der Waals surface area contributed by atoms with E-state index in [0.29, 0.717) is 0 Å². The molecule has 100 valence electrons. The summed E-state index contributed by atoms with van der Waals surface area (Å²) in [7, 11) is 0. The van der Waals surface area contributed by atoms with Crippen LogP contribution in [0.15, 0.2) is 41.1 Å². The van der Waals surface area contributed by atoms with Crippen LogP contribution in [0.3, 0.4) is 0 Å². The first-order valence-electron chi connectivity index (χ1n) is 5.11. The van der Waals surface area contributed by atoms with Crippen molar-refractivity contribution in [2.75, 3.05) is 10.6 Å². The van der Waals surface area contributed by atoms with Gasteiger partial charge in [-0.3, -0.25) is 5.32 Å². The van der Waals surface area contributed by atoms with Gasteiger partial charge in [-0.15, -0.1) is 0 Å². The van der Waals surface area contributed by atoms with E-state index in [0.717, 1.165) is 24.3 Å². The number of nitrogens with zero attached hydrogens (tertiary/aromatic N) is 1. The SMILES string of the molecule is O=C(Nc1ccc(C(F)(F)F)cc1)Nc1ccno1. The van der Waals surface area contributed by atoms with E-state index in [1.54, 1.807) is 0 Å². The highest BCUT2D eigenvalue weighted by atomic mass is 19.4. The molecule has 0 aliphatic carbocycles. The normalized spacial score (nSPS) is 11.1. The molecular weight excluding hydrogens is 263 g/mol. The zero-order valence-electron chi connectivity index (χ0n) is 9.36. The molecular formula is C11H8F3N3O2. The van der Waals surface area contributed by atoms with E-state index in [2.05, 4.69) is 20.3 Å². The van der Waals surface area contributed by atoms with Crippen molar-refractivity contribution in [1.82, 2.24) is 5.16 Å². The molecule has 2 amide bonds. The molecule has 1 aromatic heterocycles. The quantitative estimate of drug-likeness (QED) is 0.880. The highest BCUT2D eigenvalue weighted by Crippen LogP contribution is 2.29. The van der Waals surface area contributed by atoms with Gasteiger partial charge in [-0.05, 0) is 24.3 Å². The number of alkyl halides is 3. The Kier molecular flexibility index (Phi) is 3.41. The minimum absolute atomic E-state index is 0.129. The highest BCUT2D eigenvalue weighted by Gasteiger charge is 2.29. The number of halogens is 3. The van der Waals surface area contributed by atoms with Crippen molar-refractivity contribution in [1.29, 1.82) is 0 Å². The third kappa shape index (κ3) is 3.47. The molecule has 5 nitrogen and oxygen atoms in total. The fourth-order valence-corrected chi connectivity index (χ4v) is 1.30. The van der Waals surface area contributed by atoms with Crippen LogP contribution in [0.2, 0.25) is 0 Å². The lowest BCUT2D eigenvalue weighted by molar-refractivity contribution is -0.137. The van der Waals surface area contributed by atoms with E-state index in [1.807, 2.05) is 0 Å². The fraction of sp³-hybridized carbons (Fsp3) is 0.0909. The summed E-state index contributed by atoms with van der Waals surface area (Å²) < 4.78 is 41.6. The molecule has 8 heteroatoms. The maximum Gasteiger partial charge on any atom is 0.416 e. The van der Waals surface area contributed by atoms with Gasteiger partial charge in [-0.25, -0.2) is 4.79 Å². The predicted octanol–water partition coefficient (Wildman–Crippen LogP) is 3.34. The molecule has 0 aliphatic rings. The summed E-state index contributed by atoms with van der Waals surface area (Å²) in [6.45, 7) is 0. The van der Waals surface area contributed by atoms with Gasteiger partial charge in [0.2, 0.25) is 5.88 Å². The predicted molar refractivity (Wildman–Crippen MR) is 60.6 cm³/mol. The van der Waals surface area contributed by atoms with Crippen LogP contribution in [0.25, 0.3) is 0 Å². The van der Waals surface area contributed by atoms with Gasteiger partial charge in [0, 0.05) is 11.8 Å². The van der Waals surface area contributed by atoms with Gasteiger partial charge < -0.3 is 9.84 Å². The average molecular weight is 271 g/mol. The Morgan fingerprint density at radius 3 is 2.32 bits per heavy atom. The second-order valence-corrected chi connectivity index (χ2v) is 3.53. The number of nitrogens with one attached hydrogen (secondary N) is 2. The molecule has 0 fully saturated rings. The van der Waals surface area contributed by atoms with Crippen molar-refractivity contribution < 1.29 is 22.5 Å². The zero-order chi connectivity index (χ0) is 13.9. The Bertz CT molecular complexity index is 550. The Balaban J connectivity index is 1.98. The van der Waals surface area contributed by atoms with Crippen LogP contribution >= 0.6 is 0 Å². The molecule has 1 aromatic carbocycles. The van der Waals surface area contributed by atoms with Crippen molar-refractivity contribution in [2.45, 2.75) is 6.18 Å². The minimum atomic E-state index is -4.40. The lowest BCUT2D eigenvalue weighted by Crippen LogP contribution is -2.19. The maximum absolute atomic E-state index is 12.3. The summed E-state index contributed by atoms with van der Waals surface area (Å²) in [6.07, 6.45) is -3.06. The van der Waals surface area contributed by atoms with Gasteiger partial charge >= 0.3 is 12.2 Å². The van der Waals surface area contributed by atoms with Crippen LogP contribution < -0.4 is 10.6 Å². The van der Waals surface area contributed by atoms with Crippen molar-refractivity contribution in [3.8, 4) is 0 Å². The Morgan fingerprint density at radius 2 is 1.79 bits per heavy atom. The van der Waals surface area contributed by atoms with Crippen LogP contribution in [0, 0.1) is 0 Å². The standard InChI is InChI=1S/C11H8F3N3O2/c12-11(13,14)7-1-3-8(4-2-7)16-10(18)17-9-5-6-15-19-9/h1-6H,(H2,16,17,18). The number of urea groups is 1. The Morgan fingerprint density at radius 1 is 1.11 bits per heavy atom. The number of hydrogen-bond acceptors (Lipinski definition) is 3. The van der Waals surface area contributed by atoms with E-state index in [1.165, 1.54) is 12.3 Å². The van der Waals surface area contributed by atoms with Crippen LogP contribution in [0.4, 0.5) is 29.5 Å². The molecule has 0 bridgehead atoms. The molecule has 2 aromatic rings. The Labute approximate surface area is 105 Å². The van der Waals surface area contributed by atoms with Gasteiger partial charge in [-0.2, -0.15) is 13.2 Å². The van der Waals surface area contributed by atoms with E-state index < -0.39 is 17.8 Å². The van der Waals surface area contributed by atoms with Crippen molar-refractivity contribution in [3.63, 3.8) is 0 Å². The monoisotopic (exact) mass is 271 g/mol. The van der Waals surface area contributed by atoms with Crippen molar-refractivity contribution >= 4 is 17.6 Å². The van der Waals surface area contributed by atoms with Gasteiger partial charge in [0.1, 0.15) is 0 Å². The molecule has 19 heavy (non-hydrogen) atoms. The lowest BCUT2D eigenvalue weighted by Gasteiger charge is -2.08. The number of hydrogen-bond donors (Lipinski definition) is 2. The smallest absolute Gasteiger partial charge is 0.338 e. The molecule has 0 spiro atoms. The number of benzene rings is 1. The average Bonchev–Trinajstić information content (AvgIpc) is 2.81. The summed E-state index contributed by atoms with van der Waals surface area (Å²) in [6, 6.07) is 4.85. The van der Waals surface area contributed by atoms with Gasteiger partial charge in [0.25, 0.3) is 0 Å². The summed E-state index contributed by atoms with van der Waals surface area (Å²) in [5.41, 5.74) is -0.557. The molecule has 0 atom stereocenters. The molecule has 0 aliphatic heterocycles. The summed E-state index contributed by atoms with van der Waals surface area (Å²) in [5, 5.41) is 8.05. The fourth-order valence-electron chi connectivity index (χ4n) is 1.30. The molecule has 0 saturated carbocycles. The van der Waals surface area contributed by atoms with Crippen molar-refractivity contribution in [2.24, 2.45) is 0 Å². The number of aromatic nitrogens is 1. The molecule has 0 unspecified atom stereocenters. The first-order valence-corrected chi connectivity index (χ1v) is 5.11. The number of carbonyl (C=O) groups is 1. The topological polar surface area (TPSA) is 67.2 Å². The summed E-state index contributed by atoms with van der Waals surface area (Å²) in [4.78, 5) is 11.4. The molecule has 1 heterocycles. The molecule has 0 saturated heterocycles. The van der Waals surface area contributed by atoms with Gasteiger partial charge in [0.05, 0.1) is 11.8 Å². The zero-order valence-corrected chi connectivity index (χ0v) is 9.36. The lowest BCUT2D eigenvalue weighted by atomic mass is 10.2. The van der Waals surface area contributed by atoms with Crippen LogP contribution in [-0.2, 0) is 6.18 Å². The number of anilines is 2. The summed E-state index contributed by atoms with van der Waals surface area (Å²) in [5.74, 6) is 0.129. The summed E-state index contributed by atoms with van der Waals surface area (Å²) >= 11 is 0. The number of rotatable bonds is 2. The second kappa shape index (κ2) is 5.01. The number of amides is 2. The van der Waals surface area contributed by atoms with Gasteiger partial charge in [-0.1, -0.05) is 5.16 Å². The molecule has 0 radical (unpaired) electrons. The maximum atomic E-state index is 12.3. The third-order valence-electron chi connectivity index (χ3n) is 2.14. The van der Waals surface area contributed by atoms with Crippen molar-refractivity contribution in [3.05, 3.63) is 42.1 Å². The van der Waals surface area contributed by atoms with Crippen LogP contribution in [0.1, 0.15) is 5.56 Å². The second-order valence-electron chi connectivity index (χ2n) is 3.53. The molecule has 2 rings (SSSR count).